The minimum atomic E-state index is -0.209. The molecule has 0 aliphatic carbocycles. The zero-order chi connectivity index (χ0) is 12.6. The maximum Gasteiger partial charge on any atom is 0.227 e. The van der Waals surface area contributed by atoms with Crippen molar-refractivity contribution in [3.63, 3.8) is 0 Å². The van der Waals surface area contributed by atoms with E-state index in [1.54, 1.807) is 0 Å². The Hall–Kier alpha value is -0.870. The highest BCUT2D eigenvalue weighted by molar-refractivity contribution is 9.10. The van der Waals surface area contributed by atoms with E-state index in [9.17, 15) is 4.79 Å². The Morgan fingerprint density at radius 3 is 2.47 bits per heavy atom. The number of rotatable bonds is 2. The summed E-state index contributed by atoms with van der Waals surface area (Å²) in [7, 11) is 0. The highest BCUT2D eigenvalue weighted by atomic mass is 79.9. The van der Waals surface area contributed by atoms with Crippen molar-refractivity contribution in [2.45, 2.75) is 25.8 Å². The SMILES string of the molecule is CC1(C)C(CN)CC(=O)N1c1ccc(Br)cc1. The Kier molecular flexibility index (Phi) is 3.27. The molecule has 1 unspecified atom stereocenters. The van der Waals surface area contributed by atoms with Crippen LogP contribution in [0.2, 0.25) is 0 Å². The lowest BCUT2D eigenvalue weighted by Crippen LogP contribution is -2.46. The van der Waals surface area contributed by atoms with E-state index < -0.39 is 0 Å². The number of carbonyl (C=O) groups is 1. The van der Waals surface area contributed by atoms with Crippen LogP contribution in [0.25, 0.3) is 0 Å². The number of halogens is 1. The van der Waals surface area contributed by atoms with Crippen molar-refractivity contribution in [2.75, 3.05) is 11.4 Å². The molecule has 4 heteroatoms. The van der Waals surface area contributed by atoms with E-state index in [-0.39, 0.29) is 17.4 Å². The third-order valence-electron chi connectivity index (χ3n) is 3.62. The van der Waals surface area contributed by atoms with Gasteiger partial charge in [0.2, 0.25) is 5.91 Å². The van der Waals surface area contributed by atoms with Crippen molar-refractivity contribution in [1.29, 1.82) is 0 Å². The molecule has 2 rings (SSSR count). The van der Waals surface area contributed by atoms with Gasteiger partial charge >= 0.3 is 0 Å². The van der Waals surface area contributed by atoms with E-state index in [0.29, 0.717) is 13.0 Å². The molecule has 92 valence electrons. The maximum absolute atomic E-state index is 12.1. The Morgan fingerprint density at radius 2 is 2.00 bits per heavy atom. The van der Waals surface area contributed by atoms with Crippen LogP contribution in [-0.2, 0) is 4.79 Å². The maximum atomic E-state index is 12.1. The minimum absolute atomic E-state index is 0.160. The van der Waals surface area contributed by atoms with Crippen molar-refractivity contribution >= 4 is 27.5 Å². The van der Waals surface area contributed by atoms with Gasteiger partial charge in [0.05, 0.1) is 0 Å². The number of amides is 1. The van der Waals surface area contributed by atoms with Crippen LogP contribution in [0, 0.1) is 5.92 Å². The number of nitrogens with two attached hydrogens (primary N) is 1. The van der Waals surface area contributed by atoms with Crippen LogP contribution < -0.4 is 10.6 Å². The molecule has 3 nitrogen and oxygen atoms in total. The molecule has 1 aliphatic heterocycles. The first-order chi connectivity index (χ1) is 7.96. The number of nitrogens with zero attached hydrogens (tertiary/aromatic N) is 1. The van der Waals surface area contributed by atoms with Crippen molar-refractivity contribution in [3.8, 4) is 0 Å². The van der Waals surface area contributed by atoms with Gasteiger partial charge in [-0.3, -0.25) is 4.79 Å². The van der Waals surface area contributed by atoms with Crippen molar-refractivity contribution in [2.24, 2.45) is 11.7 Å². The standard InChI is InChI=1S/C13H17BrN2O/c1-13(2)9(8-15)7-12(17)16(13)11-5-3-10(14)4-6-11/h3-6,9H,7-8,15H2,1-2H3. The van der Waals surface area contributed by atoms with E-state index in [0.717, 1.165) is 10.2 Å². The van der Waals surface area contributed by atoms with Crippen LogP contribution in [0.15, 0.2) is 28.7 Å². The van der Waals surface area contributed by atoms with E-state index in [1.807, 2.05) is 29.2 Å². The van der Waals surface area contributed by atoms with Gasteiger partial charge in [-0.25, -0.2) is 0 Å². The molecule has 0 aromatic heterocycles. The van der Waals surface area contributed by atoms with E-state index in [1.165, 1.54) is 0 Å². The van der Waals surface area contributed by atoms with Gasteiger partial charge in [0, 0.05) is 28.0 Å². The van der Waals surface area contributed by atoms with Gasteiger partial charge in [-0.2, -0.15) is 0 Å². The number of hydrogen-bond acceptors (Lipinski definition) is 2. The summed E-state index contributed by atoms with van der Waals surface area (Å²) in [5.41, 5.74) is 6.48. The van der Waals surface area contributed by atoms with E-state index in [2.05, 4.69) is 29.8 Å². The van der Waals surface area contributed by atoms with Gasteiger partial charge in [-0.1, -0.05) is 15.9 Å². The highest BCUT2D eigenvalue weighted by Gasteiger charge is 2.45. The molecular weight excluding hydrogens is 280 g/mol. The number of anilines is 1. The average molecular weight is 297 g/mol. The third kappa shape index (κ3) is 2.11. The second kappa shape index (κ2) is 4.42. The molecule has 1 atom stereocenters. The Morgan fingerprint density at radius 1 is 1.41 bits per heavy atom. The molecule has 1 heterocycles. The molecule has 1 aliphatic rings. The molecular formula is C13H17BrN2O. The van der Waals surface area contributed by atoms with Crippen LogP contribution in [0.3, 0.4) is 0 Å². The smallest absolute Gasteiger partial charge is 0.227 e. The molecule has 0 bridgehead atoms. The lowest BCUT2D eigenvalue weighted by Gasteiger charge is -2.35. The minimum Gasteiger partial charge on any atom is -0.330 e. The van der Waals surface area contributed by atoms with Gasteiger partial charge in [-0.05, 0) is 44.7 Å². The Labute approximate surface area is 110 Å². The van der Waals surface area contributed by atoms with Gasteiger partial charge in [0.15, 0.2) is 0 Å². The normalized spacial score (nSPS) is 23.2. The zero-order valence-corrected chi connectivity index (χ0v) is 11.7. The third-order valence-corrected chi connectivity index (χ3v) is 4.14. The van der Waals surface area contributed by atoms with Crippen LogP contribution >= 0.6 is 15.9 Å². The number of hydrogen-bond donors (Lipinski definition) is 1. The van der Waals surface area contributed by atoms with Crippen LogP contribution in [0.5, 0.6) is 0 Å². The fraction of sp³-hybridized carbons (Fsp3) is 0.462. The fourth-order valence-corrected chi connectivity index (χ4v) is 2.76. The molecule has 1 aromatic carbocycles. The highest BCUT2D eigenvalue weighted by Crippen LogP contribution is 2.38. The average Bonchev–Trinajstić information content (AvgIpc) is 2.50. The van der Waals surface area contributed by atoms with Gasteiger partial charge < -0.3 is 10.6 Å². The first kappa shape index (κ1) is 12.6. The quantitative estimate of drug-likeness (QED) is 0.912. The lowest BCUT2D eigenvalue weighted by atomic mass is 9.88. The second-order valence-electron chi connectivity index (χ2n) is 5.00. The van der Waals surface area contributed by atoms with Crippen LogP contribution in [0.4, 0.5) is 5.69 Å². The monoisotopic (exact) mass is 296 g/mol. The first-order valence-corrected chi connectivity index (χ1v) is 6.55. The zero-order valence-electron chi connectivity index (χ0n) is 10.1. The molecule has 0 spiro atoms. The van der Waals surface area contributed by atoms with Gasteiger partial charge in [0.1, 0.15) is 0 Å². The van der Waals surface area contributed by atoms with Crippen LogP contribution in [-0.4, -0.2) is 18.0 Å². The van der Waals surface area contributed by atoms with Crippen molar-refractivity contribution < 1.29 is 4.79 Å². The predicted molar refractivity (Wildman–Crippen MR) is 72.9 cm³/mol. The summed E-state index contributed by atoms with van der Waals surface area (Å²) in [6.45, 7) is 4.71. The summed E-state index contributed by atoms with van der Waals surface area (Å²) in [6, 6.07) is 7.83. The number of benzene rings is 1. The molecule has 1 fully saturated rings. The largest absolute Gasteiger partial charge is 0.330 e. The van der Waals surface area contributed by atoms with E-state index in [4.69, 9.17) is 5.73 Å². The molecule has 17 heavy (non-hydrogen) atoms. The molecule has 1 saturated heterocycles. The number of carbonyl (C=O) groups excluding carboxylic acids is 1. The van der Waals surface area contributed by atoms with Gasteiger partial charge in [-0.15, -0.1) is 0 Å². The molecule has 0 saturated carbocycles. The summed E-state index contributed by atoms with van der Waals surface area (Å²) in [5.74, 6) is 0.381. The first-order valence-electron chi connectivity index (χ1n) is 5.75. The molecule has 0 radical (unpaired) electrons. The van der Waals surface area contributed by atoms with E-state index >= 15 is 0 Å². The lowest BCUT2D eigenvalue weighted by molar-refractivity contribution is -0.117. The summed E-state index contributed by atoms with van der Waals surface area (Å²) in [4.78, 5) is 14.0. The molecule has 2 N–H and O–H groups in total. The molecule has 1 aromatic rings. The summed E-state index contributed by atoms with van der Waals surface area (Å²) in [5, 5.41) is 0. The van der Waals surface area contributed by atoms with Crippen molar-refractivity contribution in [1.82, 2.24) is 0 Å². The summed E-state index contributed by atoms with van der Waals surface area (Å²) in [6.07, 6.45) is 0.541. The molecule has 1 amide bonds. The Balaban J connectivity index is 2.37. The van der Waals surface area contributed by atoms with Gasteiger partial charge in [0.25, 0.3) is 0 Å². The topological polar surface area (TPSA) is 46.3 Å². The fourth-order valence-electron chi connectivity index (χ4n) is 2.49. The summed E-state index contributed by atoms with van der Waals surface area (Å²) < 4.78 is 1.01. The second-order valence-corrected chi connectivity index (χ2v) is 5.91. The predicted octanol–water partition coefficient (Wildman–Crippen LogP) is 2.54. The van der Waals surface area contributed by atoms with Crippen molar-refractivity contribution in [3.05, 3.63) is 28.7 Å². The Bertz CT molecular complexity index is 428. The van der Waals surface area contributed by atoms with Crippen LogP contribution in [0.1, 0.15) is 20.3 Å². The summed E-state index contributed by atoms with van der Waals surface area (Å²) >= 11 is 3.40.